The summed E-state index contributed by atoms with van der Waals surface area (Å²) in [6.45, 7) is 7.69. The Labute approximate surface area is 116 Å². The lowest BCUT2D eigenvalue weighted by Crippen LogP contribution is -2.29. The summed E-state index contributed by atoms with van der Waals surface area (Å²) in [5.41, 5.74) is 2.49. The number of rotatable bonds is 5. The van der Waals surface area contributed by atoms with E-state index in [1.807, 2.05) is 0 Å². The minimum atomic E-state index is 0.646. The van der Waals surface area contributed by atoms with Gasteiger partial charge in [0.2, 0.25) is 0 Å². The van der Waals surface area contributed by atoms with Crippen molar-refractivity contribution in [2.75, 3.05) is 18.0 Å². The Morgan fingerprint density at radius 3 is 2.74 bits per heavy atom. The Balaban J connectivity index is 1.71. The Morgan fingerprint density at radius 1 is 1.32 bits per heavy atom. The molecular weight excluding hydrogens is 234 g/mol. The summed E-state index contributed by atoms with van der Waals surface area (Å²) in [6.07, 6.45) is 5.42. The van der Waals surface area contributed by atoms with Crippen LogP contribution in [0.1, 0.15) is 43.9 Å². The summed E-state index contributed by atoms with van der Waals surface area (Å²) in [5, 5.41) is 3.68. The molecule has 1 aromatic heterocycles. The Kier molecular flexibility index (Phi) is 3.74. The van der Waals surface area contributed by atoms with E-state index in [0.29, 0.717) is 6.04 Å². The standard InChI is InChI=1S/C16H25N3/c1-12-5-6-15(11-17-13(2)14-7-8-14)16(18-12)19-9-3-4-10-19/h5-6,13-14,17H,3-4,7-11H2,1-2H3. The van der Waals surface area contributed by atoms with Gasteiger partial charge in [-0.1, -0.05) is 6.07 Å². The molecule has 2 heterocycles. The van der Waals surface area contributed by atoms with Crippen LogP contribution in [0.2, 0.25) is 0 Å². The van der Waals surface area contributed by atoms with Crippen LogP contribution in [0.5, 0.6) is 0 Å². The van der Waals surface area contributed by atoms with Crippen LogP contribution in [-0.2, 0) is 6.54 Å². The maximum absolute atomic E-state index is 4.78. The van der Waals surface area contributed by atoms with Crippen molar-refractivity contribution in [3.05, 3.63) is 23.4 Å². The first-order valence-corrected chi connectivity index (χ1v) is 7.69. The number of hydrogen-bond acceptors (Lipinski definition) is 3. The summed E-state index contributed by atoms with van der Waals surface area (Å²) in [5.74, 6) is 2.13. The maximum atomic E-state index is 4.78. The monoisotopic (exact) mass is 259 g/mol. The summed E-state index contributed by atoms with van der Waals surface area (Å²) in [6, 6.07) is 5.04. The highest BCUT2D eigenvalue weighted by Gasteiger charge is 2.27. The number of nitrogens with one attached hydrogen (secondary N) is 1. The zero-order chi connectivity index (χ0) is 13.2. The fraction of sp³-hybridized carbons (Fsp3) is 0.688. The first-order valence-electron chi connectivity index (χ1n) is 7.69. The maximum Gasteiger partial charge on any atom is 0.133 e. The molecule has 1 saturated heterocycles. The number of pyridine rings is 1. The van der Waals surface area contributed by atoms with Gasteiger partial charge in [-0.15, -0.1) is 0 Å². The predicted molar refractivity (Wildman–Crippen MR) is 79.4 cm³/mol. The van der Waals surface area contributed by atoms with E-state index in [1.54, 1.807) is 0 Å². The molecule has 0 amide bonds. The topological polar surface area (TPSA) is 28.2 Å². The van der Waals surface area contributed by atoms with Crippen molar-refractivity contribution in [2.24, 2.45) is 5.92 Å². The van der Waals surface area contributed by atoms with Crippen LogP contribution in [0, 0.1) is 12.8 Å². The molecule has 3 heteroatoms. The smallest absolute Gasteiger partial charge is 0.133 e. The normalized spacial score (nSPS) is 20.8. The van der Waals surface area contributed by atoms with E-state index in [0.717, 1.165) is 18.2 Å². The number of hydrogen-bond donors (Lipinski definition) is 1. The van der Waals surface area contributed by atoms with E-state index in [2.05, 4.69) is 36.2 Å². The number of nitrogens with zero attached hydrogens (tertiary/aromatic N) is 2. The van der Waals surface area contributed by atoms with Crippen LogP contribution in [0.25, 0.3) is 0 Å². The first kappa shape index (κ1) is 12.9. The van der Waals surface area contributed by atoms with E-state index < -0.39 is 0 Å². The van der Waals surface area contributed by atoms with Crippen LogP contribution in [0.4, 0.5) is 5.82 Å². The molecule has 3 rings (SSSR count). The molecule has 1 aliphatic carbocycles. The highest BCUT2D eigenvalue weighted by Crippen LogP contribution is 2.32. The molecule has 1 saturated carbocycles. The van der Waals surface area contributed by atoms with E-state index in [4.69, 9.17) is 4.98 Å². The third-order valence-corrected chi connectivity index (χ3v) is 4.44. The van der Waals surface area contributed by atoms with Crippen molar-refractivity contribution in [1.29, 1.82) is 0 Å². The van der Waals surface area contributed by atoms with Crippen LogP contribution >= 0.6 is 0 Å². The summed E-state index contributed by atoms with van der Waals surface area (Å²) < 4.78 is 0. The molecule has 2 fully saturated rings. The van der Waals surface area contributed by atoms with Gasteiger partial charge in [-0.3, -0.25) is 0 Å². The Bertz CT molecular complexity index is 434. The largest absolute Gasteiger partial charge is 0.356 e. The fourth-order valence-corrected chi connectivity index (χ4v) is 2.95. The van der Waals surface area contributed by atoms with Gasteiger partial charge >= 0.3 is 0 Å². The summed E-state index contributed by atoms with van der Waals surface area (Å²) in [4.78, 5) is 7.23. The lowest BCUT2D eigenvalue weighted by Gasteiger charge is -2.22. The molecule has 104 valence electrons. The van der Waals surface area contributed by atoms with Gasteiger partial charge in [0.25, 0.3) is 0 Å². The molecule has 1 N–H and O–H groups in total. The highest BCUT2D eigenvalue weighted by molar-refractivity contribution is 5.48. The quantitative estimate of drug-likeness (QED) is 0.881. The number of anilines is 1. The minimum Gasteiger partial charge on any atom is -0.356 e. The fourth-order valence-electron chi connectivity index (χ4n) is 2.95. The van der Waals surface area contributed by atoms with Crippen LogP contribution in [0.15, 0.2) is 12.1 Å². The third kappa shape index (κ3) is 3.08. The molecule has 0 bridgehead atoms. The second kappa shape index (κ2) is 5.49. The second-order valence-electron chi connectivity index (χ2n) is 6.14. The molecule has 19 heavy (non-hydrogen) atoms. The molecule has 1 unspecified atom stereocenters. The van der Waals surface area contributed by atoms with Gasteiger partial charge in [0.15, 0.2) is 0 Å². The average Bonchev–Trinajstić information content (AvgIpc) is 3.12. The summed E-state index contributed by atoms with van der Waals surface area (Å²) >= 11 is 0. The minimum absolute atomic E-state index is 0.646. The average molecular weight is 259 g/mol. The van der Waals surface area contributed by atoms with Gasteiger partial charge in [-0.25, -0.2) is 4.98 Å². The van der Waals surface area contributed by atoms with Crippen molar-refractivity contribution < 1.29 is 0 Å². The molecule has 0 aromatic carbocycles. The van der Waals surface area contributed by atoms with E-state index in [-0.39, 0.29) is 0 Å². The molecule has 0 spiro atoms. The lowest BCUT2D eigenvalue weighted by atomic mass is 10.1. The third-order valence-electron chi connectivity index (χ3n) is 4.44. The SMILES string of the molecule is Cc1ccc(CNC(C)C2CC2)c(N2CCCC2)n1. The van der Waals surface area contributed by atoms with Gasteiger partial charge in [0.05, 0.1) is 0 Å². The molecule has 2 aliphatic rings. The van der Waals surface area contributed by atoms with Crippen molar-refractivity contribution in [3.8, 4) is 0 Å². The molecule has 0 radical (unpaired) electrons. The van der Waals surface area contributed by atoms with Gasteiger partial charge in [0, 0.05) is 36.9 Å². The van der Waals surface area contributed by atoms with Gasteiger partial charge in [-0.2, -0.15) is 0 Å². The van der Waals surface area contributed by atoms with Crippen molar-refractivity contribution in [3.63, 3.8) is 0 Å². The Morgan fingerprint density at radius 2 is 2.05 bits per heavy atom. The lowest BCUT2D eigenvalue weighted by molar-refractivity contribution is 0.495. The van der Waals surface area contributed by atoms with Crippen molar-refractivity contribution in [2.45, 2.75) is 52.1 Å². The van der Waals surface area contributed by atoms with E-state index in [9.17, 15) is 0 Å². The van der Waals surface area contributed by atoms with Crippen LogP contribution < -0.4 is 10.2 Å². The first-order chi connectivity index (χ1) is 9.24. The predicted octanol–water partition coefficient (Wildman–Crippen LogP) is 2.88. The van der Waals surface area contributed by atoms with Gasteiger partial charge < -0.3 is 10.2 Å². The van der Waals surface area contributed by atoms with Crippen LogP contribution in [0.3, 0.4) is 0 Å². The van der Waals surface area contributed by atoms with Crippen molar-refractivity contribution in [1.82, 2.24) is 10.3 Å². The van der Waals surface area contributed by atoms with E-state index >= 15 is 0 Å². The molecule has 3 nitrogen and oxygen atoms in total. The molecule has 1 aromatic rings. The van der Waals surface area contributed by atoms with Gasteiger partial charge in [0.1, 0.15) is 5.82 Å². The number of aromatic nitrogens is 1. The zero-order valence-corrected chi connectivity index (χ0v) is 12.2. The zero-order valence-electron chi connectivity index (χ0n) is 12.2. The van der Waals surface area contributed by atoms with Crippen LogP contribution in [-0.4, -0.2) is 24.1 Å². The number of aryl methyl sites for hydroxylation is 1. The van der Waals surface area contributed by atoms with Crippen molar-refractivity contribution >= 4 is 5.82 Å². The molecule has 1 aliphatic heterocycles. The Hall–Kier alpha value is -1.09. The van der Waals surface area contributed by atoms with Gasteiger partial charge in [-0.05, 0) is 51.5 Å². The second-order valence-corrected chi connectivity index (χ2v) is 6.14. The highest BCUT2D eigenvalue weighted by atomic mass is 15.2. The van der Waals surface area contributed by atoms with E-state index in [1.165, 1.54) is 50.2 Å². The molecular formula is C16H25N3. The summed E-state index contributed by atoms with van der Waals surface area (Å²) in [7, 11) is 0. The molecule has 1 atom stereocenters.